The van der Waals surface area contributed by atoms with Crippen LogP contribution in [0.3, 0.4) is 0 Å². The smallest absolute Gasteiger partial charge is 0.0953 e. The van der Waals surface area contributed by atoms with Crippen molar-refractivity contribution in [2.24, 2.45) is 0 Å². The Hall–Kier alpha value is -0.250. The van der Waals surface area contributed by atoms with Crippen molar-refractivity contribution in [3.05, 3.63) is 15.3 Å². The number of nitrogens with zero attached hydrogens (tertiary/aromatic N) is 1. The maximum Gasteiger partial charge on any atom is 0.0953 e. The summed E-state index contributed by atoms with van der Waals surface area (Å²) >= 11 is 7.56. The van der Waals surface area contributed by atoms with Crippen LogP contribution in [0, 0.1) is 0 Å². The number of halogens is 1. The van der Waals surface area contributed by atoms with Crippen molar-refractivity contribution in [3.63, 3.8) is 0 Å². The van der Waals surface area contributed by atoms with Crippen LogP contribution in [0.25, 0.3) is 0 Å². The first-order valence-electron chi connectivity index (χ1n) is 3.53. The molecule has 0 amide bonds. The maximum atomic E-state index is 5.88. The first kappa shape index (κ1) is 7.40. The molecule has 1 N–H and O–H groups in total. The second-order valence-electron chi connectivity index (χ2n) is 2.58. The fraction of sp³-hybridized carbons (Fsp3) is 0.429. The van der Waals surface area contributed by atoms with Gasteiger partial charge >= 0.3 is 0 Å². The molecule has 0 bridgehead atoms. The molecule has 1 aromatic rings. The van der Waals surface area contributed by atoms with Crippen LogP contribution in [0.15, 0.2) is 6.07 Å². The Morgan fingerprint density at radius 1 is 1.73 bits per heavy atom. The third-order valence-electron chi connectivity index (χ3n) is 1.82. The van der Waals surface area contributed by atoms with Gasteiger partial charge in [-0.1, -0.05) is 11.6 Å². The van der Waals surface area contributed by atoms with Crippen LogP contribution in [0.2, 0.25) is 4.34 Å². The summed E-state index contributed by atoms with van der Waals surface area (Å²) < 4.78 is 0.880. The van der Waals surface area contributed by atoms with Crippen molar-refractivity contribution in [2.75, 3.05) is 18.6 Å². The third kappa shape index (κ3) is 1.24. The zero-order valence-corrected chi connectivity index (χ0v) is 7.80. The minimum absolute atomic E-state index is 0.880. The predicted octanol–water partition coefficient (Wildman–Crippen LogP) is 1.90. The van der Waals surface area contributed by atoms with Gasteiger partial charge in [0, 0.05) is 18.5 Å². The Kier molecular flexibility index (Phi) is 1.79. The molecule has 60 valence electrons. The average molecular weight is 189 g/mol. The van der Waals surface area contributed by atoms with E-state index in [1.807, 2.05) is 18.1 Å². The average Bonchev–Trinajstić information content (AvgIpc) is 2.31. The predicted molar refractivity (Wildman–Crippen MR) is 49.4 cm³/mol. The number of hydrogen-bond acceptors (Lipinski definition) is 3. The lowest BCUT2D eigenvalue weighted by molar-refractivity contribution is 0.648. The van der Waals surface area contributed by atoms with E-state index < -0.39 is 0 Å². The topological polar surface area (TPSA) is 15.3 Å². The van der Waals surface area contributed by atoms with Crippen molar-refractivity contribution in [2.45, 2.75) is 6.42 Å². The second-order valence-corrected chi connectivity index (χ2v) is 4.34. The highest BCUT2D eigenvalue weighted by Crippen LogP contribution is 2.34. The van der Waals surface area contributed by atoms with E-state index >= 15 is 0 Å². The molecule has 0 aliphatic carbocycles. The molecule has 1 aromatic heterocycles. The van der Waals surface area contributed by atoms with Gasteiger partial charge in [0.1, 0.15) is 0 Å². The van der Waals surface area contributed by atoms with E-state index in [-0.39, 0.29) is 0 Å². The van der Waals surface area contributed by atoms with Gasteiger partial charge in [-0.2, -0.15) is 0 Å². The zero-order chi connectivity index (χ0) is 7.84. The number of anilines is 1. The number of hydrazine groups is 1. The summed E-state index contributed by atoms with van der Waals surface area (Å²) in [6.07, 6.45) is 1.09. The lowest BCUT2D eigenvalue weighted by atomic mass is 10.2. The Bertz CT molecular complexity index is 271. The van der Waals surface area contributed by atoms with Crippen LogP contribution in [0.5, 0.6) is 0 Å². The van der Waals surface area contributed by atoms with Gasteiger partial charge in [0.2, 0.25) is 0 Å². The van der Waals surface area contributed by atoms with Crippen LogP contribution < -0.4 is 10.4 Å². The van der Waals surface area contributed by atoms with E-state index in [4.69, 9.17) is 11.6 Å². The van der Waals surface area contributed by atoms with Gasteiger partial charge < -0.3 is 5.01 Å². The van der Waals surface area contributed by atoms with Crippen LogP contribution in [0.4, 0.5) is 5.69 Å². The highest BCUT2D eigenvalue weighted by molar-refractivity contribution is 7.16. The molecule has 0 saturated carbocycles. The molecule has 2 rings (SSSR count). The molecule has 0 fully saturated rings. The van der Waals surface area contributed by atoms with Crippen molar-refractivity contribution in [1.29, 1.82) is 0 Å². The van der Waals surface area contributed by atoms with Crippen LogP contribution in [0.1, 0.15) is 4.88 Å². The quantitative estimate of drug-likeness (QED) is 0.669. The number of rotatable bonds is 0. The Morgan fingerprint density at radius 2 is 2.55 bits per heavy atom. The van der Waals surface area contributed by atoms with Gasteiger partial charge in [0.05, 0.1) is 10.0 Å². The third-order valence-corrected chi connectivity index (χ3v) is 3.13. The van der Waals surface area contributed by atoms with E-state index in [1.165, 1.54) is 10.6 Å². The van der Waals surface area contributed by atoms with Gasteiger partial charge in [-0.25, -0.2) is 5.43 Å². The number of hydrogen-bond donors (Lipinski definition) is 1. The van der Waals surface area contributed by atoms with E-state index in [1.54, 1.807) is 11.3 Å². The summed E-state index contributed by atoms with van der Waals surface area (Å²) in [5.41, 5.74) is 4.46. The van der Waals surface area contributed by atoms with E-state index in [9.17, 15) is 0 Å². The van der Waals surface area contributed by atoms with Crippen molar-refractivity contribution in [1.82, 2.24) is 5.43 Å². The van der Waals surface area contributed by atoms with Crippen LogP contribution in [-0.4, -0.2) is 13.6 Å². The van der Waals surface area contributed by atoms with E-state index in [2.05, 4.69) is 5.43 Å². The molecule has 2 heterocycles. The molecule has 0 atom stereocenters. The molecule has 0 unspecified atom stereocenters. The lowest BCUT2D eigenvalue weighted by Gasteiger charge is -2.25. The molecule has 2 nitrogen and oxygen atoms in total. The van der Waals surface area contributed by atoms with Crippen LogP contribution >= 0.6 is 22.9 Å². The molecular weight excluding hydrogens is 180 g/mol. The standard InChI is InChI=1S/C7H9ClN2S/c1-10-5-4-7(8)11-6(5)2-3-9-10/h4,9H,2-3H2,1H3. The Morgan fingerprint density at radius 3 is 3.27 bits per heavy atom. The summed E-state index contributed by atoms with van der Waals surface area (Å²) in [6.45, 7) is 1.01. The monoisotopic (exact) mass is 188 g/mol. The lowest BCUT2D eigenvalue weighted by Crippen LogP contribution is -2.39. The fourth-order valence-electron chi connectivity index (χ4n) is 1.27. The minimum atomic E-state index is 0.880. The SMILES string of the molecule is CN1NCCc2sc(Cl)cc21. The normalized spacial score (nSPS) is 16.7. The van der Waals surface area contributed by atoms with Gasteiger partial charge in [-0.15, -0.1) is 11.3 Å². The number of fused-ring (bicyclic) bond motifs is 1. The molecule has 11 heavy (non-hydrogen) atoms. The maximum absolute atomic E-state index is 5.88. The number of nitrogens with one attached hydrogen (secondary N) is 1. The molecule has 1 aliphatic rings. The summed E-state index contributed by atoms with van der Waals surface area (Å²) in [6, 6.07) is 2.01. The van der Waals surface area contributed by atoms with Gasteiger partial charge in [-0.05, 0) is 12.5 Å². The van der Waals surface area contributed by atoms with Crippen LogP contribution in [-0.2, 0) is 6.42 Å². The Balaban J connectivity index is 2.43. The van der Waals surface area contributed by atoms with Gasteiger partial charge in [0.15, 0.2) is 0 Å². The summed E-state index contributed by atoms with van der Waals surface area (Å²) in [5, 5.41) is 2.03. The first-order chi connectivity index (χ1) is 5.27. The summed E-state index contributed by atoms with van der Waals surface area (Å²) in [4.78, 5) is 1.39. The largest absolute Gasteiger partial charge is 0.310 e. The van der Waals surface area contributed by atoms with Crippen molar-refractivity contribution >= 4 is 28.6 Å². The molecule has 0 saturated heterocycles. The highest BCUT2D eigenvalue weighted by Gasteiger charge is 2.15. The fourth-order valence-corrected chi connectivity index (χ4v) is 2.57. The number of thiophene rings is 1. The van der Waals surface area contributed by atoms with Crippen molar-refractivity contribution in [3.8, 4) is 0 Å². The van der Waals surface area contributed by atoms with E-state index in [0.717, 1.165) is 17.3 Å². The summed E-state index contributed by atoms with van der Waals surface area (Å²) in [5.74, 6) is 0. The summed E-state index contributed by atoms with van der Waals surface area (Å²) in [7, 11) is 2.01. The Labute approximate surface area is 74.7 Å². The second kappa shape index (κ2) is 2.66. The molecular formula is C7H9ClN2S. The molecule has 4 heteroatoms. The molecule has 0 aromatic carbocycles. The van der Waals surface area contributed by atoms with Gasteiger partial charge in [-0.3, -0.25) is 0 Å². The molecule has 0 radical (unpaired) electrons. The zero-order valence-electron chi connectivity index (χ0n) is 6.22. The molecule has 1 aliphatic heterocycles. The molecule has 0 spiro atoms. The van der Waals surface area contributed by atoms with Gasteiger partial charge in [0.25, 0.3) is 0 Å². The highest BCUT2D eigenvalue weighted by atomic mass is 35.5. The van der Waals surface area contributed by atoms with Crippen molar-refractivity contribution < 1.29 is 0 Å². The first-order valence-corrected chi connectivity index (χ1v) is 4.72. The minimum Gasteiger partial charge on any atom is -0.310 e. The van der Waals surface area contributed by atoms with E-state index in [0.29, 0.717) is 0 Å².